The van der Waals surface area contributed by atoms with Gasteiger partial charge in [-0.3, -0.25) is 0 Å². The van der Waals surface area contributed by atoms with Crippen LogP contribution in [0.5, 0.6) is 5.75 Å². The molecule has 0 amide bonds. The standard InChI is InChI=1S/C14H18N2O2/c1-8(2)13-12(16-14(15)18-13)10-5-6-11(17-4)9(3)7-10/h5-8H,1-4H3,(H2,15,16). The molecule has 2 rings (SSSR count). The predicted molar refractivity (Wildman–Crippen MR) is 71.7 cm³/mol. The molecule has 0 saturated carbocycles. The van der Waals surface area contributed by atoms with Crippen LogP contribution < -0.4 is 10.5 Å². The molecule has 0 radical (unpaired) electrons. The number of methoxy groups -OCH3 is 1. The summed E-state index contributed by atoms with van der Waals surface area (Å²) in [6.45, 7) is 6.11. The monoisotopic (exact) mass is 246 g/mol. The van der Waals surface area contributed by atoms with Crippen LogP contribution in [0.4, 0.5) is 6.01 Å². The summed E-state index contributed by atoms with van der Waals surface area (Å²) in [7, 11) is 1.66. The van der Waals surface area contributed by atoms with Gasteiger partial charge < -0.3 is 14.9 Å². The third-order valence-corrected chi connectivity index (χ3v) is 2.86. The lowest BCUT2D eigenvalue weighted by molar-refractivity contribution is 0.412. The number of benzene rings is 1. The maximum atomic E-state index is 5.65. The van der Waals surface area contributed by atoms with Crippen LogP contribution in [0.1, 0.15) is 31.1 Å². The van der Waals surface area contributed by atoms with E-state index in [-0.39, 0.29) is 11.9 Å². The Morgan fingerprint density at radius 2 is 2.06 bits per heavy atom. The highest BCUT2D eigenvalue weighted by Crippen LogP contribution is 2.32. The first-order valence-corrected chi connectivity index (χ1v) is 5.94. The van der Waals surface area contributed by atoms with Crippen LogP contribution in [0, 0.1) is 6.92 Å². The van der Waals surface area contributed by atoms with Crippen LogP contribution in [-0.2, 0) is 0 Å². The zero-order valence-electron chi connectivity index (χ0n) is 11.2. The summed E-state index contributed by atoms with van der Waals surface area (Å²) < 4.78 is 10.7. The van der Waals surface area contributed by atoms with Gasteiger partial charge >= 0.3 is 0 Å². The zero-order chi connectivity index (χ0) is 13.3. The number of hydrogen-bond donors (Lipinski definition) is 1. The average Bonchev–Trinajstić information content (AvgIpc) is 2.71. The Bertz CT molecular complexity index is 559. The Kier molecular flexibility index (Phi) is 3.28. The van der Waals surface area contributed by atoms with Crippen molar-refractivity contribution in [1.29, 1.82) is 0 Å². The molecule has 4 nitrogen and oxygen atoms in total. The van der Waals surface area contributed by atoms with Crippen LogP contribution in [0.25, 0.3) is 11.3 Å². The van der Waals surface area contributed by atoms with E-state index in [1.165, 1.54) is 0 Å². The van der Waals surface area contributed by atoms with Crippen LogP contribution >= 0.6 is 0 Å². The van der Waals surface area contributed by atoms with Crippen molar-refractivity contribution in [2.45, 2.75) is 26.7 Å². The van der Waals surface area contributed by atoms with Gasteiger partial charge in [0.05, 0.1) is 7.11 Å². The van der Waals surface area contributed by atoms with Crippen LogP contribution in [0.15, 0.2) is 22.6 Å². The van der Waals surface area contributed by atoms with Gasteiger partial charge in [0.15, 0.2) is 0 Å². The molecule has 0 fully saturated rings. The summed E-state index contributed by atoms with van der Waals surface area (Å²) in [4.78, 5) is 4.27. The van der Waals surface area contributed by atoms with Gasteiger partial charge in [-0.1, -0.05) is 13.8 Å². The Labute approximate surface area is 107 Å². The molecule has 0 unspecified atom stereocenters. The number of rotatable bonds is 3. The number of aromatic nitrogens is 1. The van der Waals surface area contributed by atoms with Gasteiger partial charge in [-0.2, -0.15) is 4.98 Å². The summed E-state index contributed by atoms with van der Waals surface area (Å²) in [5, 5.41) is 0. The quantitative estimate of drug-likeness (QED) is 0.902. The van der Waals surface area contributed by atoms with Gasteiger partial charge in [-0.15, -0.1) is 0 Å². The van der Waals surface area contributed by atoms with E-state index in [1.807, 2.05) is 25.1 Å². The molecule has 18 heavy (non-hydrogen) atoms. The number of anilines is 1. The Morgan fingerprint density at radius 1 is 1.33 bits per heavy atom. The van der Waals surface area contributed by atoms with Crippen molar-refractivity contribution in [3.05, 3.63) is 29.5 Å². The number of nitrogens with two attached hydrogens (primary N) is 1. The fraction of sp³-hybridized carbons (Fsp3) is 0.357. The van der Waals surface area contributed by atoms with E-state index in [1.54, 1.807) is 7.11 Å². The van der Waals surface area contributed by atoms with Gasteiger partial charge in [-0.25, -0.2) is 0 Å². The maximum Gasteiger partial charge on any atom is 0.292 e. The molecular formula is C14H18N2O2. The molecule has 2 aromatic rings. The molecule has 0 spiro atoms. The topological polar surface area (TPSA) is 61.3 Å². The summed E-state index contributed by atoms with van der Waals surface area (Å²) in [5.41, 5.74) is 8.52. The number of ether oxygens (including phenoxy) is 1. The third kappa shape index (κ3) is 2.18. The van der Waals surface area contributed by atoms with E-state index >= 15 is 0 Å². The van der Waals surface area contributed by atoms with Crippen LogP contribution in [0.3, 0.4) is 0 Å². The fourth-order valence-electron chi connectivity index (χ4n) is 1.97. The van der Waals surface area contributed by atoms with Crippen molar-refractivity contribution in [3.8, 4) is 17.0 Å². The van der Waals surface area contributed by atoms with E-state index < -0.39 is 0 Å². The Balaban J connectivity index is 2.51. The number of nitrogen functional groups attached to an aromatic ring is 1. The second-order valence-corrected chi connectivity index (χ2v) is 4.60. The predicted octanol–water partition coefficient (Wildman–Crippen LogP) is 3.36. The number of hydrogen-bond acceptors (Lipinski definition) is 4. The first-order valence-electron chi connectivity index (χ1n) is 5.94. The van der Waals surface area contributed by atoms with Crippen molar-refractivity contribution in [3.63, 3.8) is 0 Å². The van der Waals surface area contributed by atoms with Crippen molar-refractivity contribution >= 4 is 6.01 Å². The maximum absolute atomic E-state index is 5.65. The number of aryl methyl sites for hydroxylation is 1. The van der Waals surface area contributed by atoms with Crippen molar-refractivity contribution in [2.24, 2.45) is 0 Å². The molecule has 1 aromatic carbocycles. The summed E-state index contributed by atoms with van der Waals surface area (Å²) in [5.74, 6) is 1.92. The molecule has 0 aliphatic heterocycles. The first-order chi connectivity index (χ1) is 8.52. The van der Waals surface area contributed by atoms with Crippen molar-refractivity contribution in [1.82, 2.24) is 4.98 Å². The molecule has 4 heteroatoms. The van der Waals surface area contributed by atoms with Crippen molar-refractivity contribution in [2.75, 3.05) is 12.8 Å². The Hall–Kier alpha value is -1.97. The van der Waals surface area contributed by atoms with Gasteiger partial charge in [0.25, 0.3) is 6.01 Å². The van der Waals surface area contributed by atoms with E-state index in [2.05, 4.69) is 18.8 Å². The van der Waals surface area contributed by atoms with Gasteiger partial charge in [0, 0.05) is 11.5 Å². The highest BCUT2D eigenvalue weighted by Gasteiger charge is 2.17. The highest BCUT2D eigenvalue weighted by atomic mass is 16.5. The number of oxazole rings is 1. The van der Waals surface area contributed by atoms with E-state index in [4.69, 9.17) is 14.9 Å². The van der Waals surface area contributed by atoms with Gasteiger partial charge in [-0.05, 0) is 30.7 Å². The SMILES string of the molecule is COc1ccc(-c2nc(N)oc2C(C)C)cc1C. The Morgan fingerprint density at radius 3 is 2.61 bits per heavy atom. The third-order valence-electron chi connectivity index (χ3n) is 2.86. The lowest BCUT2D eigenvalue weighted by atomic mass is 10.0. The summed E-state index contributed by atoms with van der Waals surface area (Å²) in [6.07, 6.45) is 0. The lowest BCUT2D eigenvalue weighted by Crippen LogP contribution is -1.91. The molecule has 96 valence electrons. The molecule has 0 bridgehead atoms. The van der Waals surface area contributed by atoms with Crippen molar-refractivity contribution < 1.29 is 9.15 Å². The highest BCUT2D eigenvalue weighted by molar-refractivity contribution is 5.65. The smallest absolute Gasteiger partial charge is 0.292 e. The van der Waals surface area contributed by atoms with Gasteiger partial charge in [0.1, 0.15) is 17.2 Å². The molecule has 1 heterocycles. The molecule has 0 aliphatic carbocycles. The van der Waals surface area contributed by atoms with E-state index in [0.29, 0.717) is 0 Å². The molecule has 0 saturated heterocycles. The largest absolute Gasteiger partial charge is 0.496 e. The minimum atomic E-state index is 0.210. The molecular weight excluding hydrogens is 228 g/mol. The first kappa shape index (κ1) is 12.5. The van der Waals surface area contributed by atoms with Crippen LogP contribution in [0.2, 0.25) is 0 Å². The fourth-order valence-corrected chi connectivity index (χ4v) is 1.97. The molecule has 0 atom stereocenters. The second kappa shape index (κ2) is 4.72. The average molecular weight is 246 g/mol. The second-order valence-electron chi connectivity index (χ2n) is 4.60. The summed E-state index contributed by atoms with van der Waals surface area (Å²) in [6, 6.07) is 6.14. The van der Waals surface area contributed by atoms with E-state index in [9.17, 15) is 0 Å². The molecule has 1 aromatic heterocycles. The summed E-state index contributed by atoms with van der Waals surface area (Å²) >= 11 is 0. The zero-order valence-corrected chi connectivity index (χ0v) is 11.2. The minimum absolute atomic E-state index is 0.210. The van der Waals surface area contributed by atoms with E-state index in [0.717, 1.165) is 28.3 Å². The minimum Gasteiger partial charge on any atom is -0.496 e. The molecule has 2 N–H and O–H groups in total. The normalized spacial score (nSPS) is 10.9. The van der Waals surface area contributed by atoms with Gasteiger partial charge in [0.2, 0.25) is 0 Å². The molecule has 0 aliphatic rings. The lowest BCUT2D eigenvalue weighted by Gasteiger charge is -2.07. The van der Waals surface area contributed by atoms with Crippen LogP contribution in [-0.4, -0.2) is 12.1 Å². The number of nitrogens with zero attached hydrogens (tertiary/aromatic N) is 1.